The Bertz CT molecular complexity index is 960. The van der Waals surface area contributed by atoms with E-state index in [-0.39, 0.29) is 18.0 Å². The second-order valence-electron chi connectivity index (χ2n) is 6.37. The minimum absolute atomic E-state index is 0.176. The monoisotopic (exact) mass is 354 g/mol. The van der Waals surface area contributed by atoms with Crippen LogP contribution < -0.4 is 16.4 Å². The predicted molar refractivity (Wildman–Crippen MR) is 100 cm³/mol. The Balaban J connectivity index is 1.77. The fourth-order valence-corrected chi connectivity index (χ4v) is 2.89. The Labute approximate surface area is 151 Å². The Hall–Kier alpha value is -3.09. The van der Waals surface area contributed by atoms with Gasteiger partial charge in [-0.3, -0.25) is 9.55 Å². The normalized spacial score (nSPS) is 12.3. The summed E-state index contributed by atoms with van der Waals surface area (Å²) in [4.78, 5) is 28.5. The van der Waals surface area contributed by atoms with Crippen molar-refractivity contribution >= 4 is 22.8 Å². The number of hydrogen-bond donors (Lipinski definition) is 2. The summed E-state index contributed by atoms with van der Waals surface area (Å²) in [5.74, 6) is -0.228. The predicted octanol–water partition coefficient (Wildman–Crippen LogP) is 3.53. The zero-order chi connectivity index (χ0) is 18.7. The minimum Gasteiger partial charge on any atom is -0.408 e. The van der Waals surface area contributed by atoms with Crippen LogP contribution in [0.25, 0.3) is 11.1 Å². The quantitative estimate of drug-likeness (QED) is 0.733. The van der Waals surface area contributed by atoms with Crippen LogP contribution in [-0.2, 0) is 6.54 Å². The lowest BCUT2D eigenvalue weighted by molar-refractivity contribution is 0.244. The summed E-state index contributed by atoms with van der Waals surface area (Å²) < 4.78 is 6.76. The van der Waals surface area contributed by atoms with E-state index in [1.165, 1.54) is 4.57 Å². The van der Waals surface area contributed by atoms with E-state index in [0.29, 0.717) is 23.3 Å². The summed E-state index contributed by atoms with van der Waals surface area (Å²) in [6, 6.07) is 10.2. The van der Waals surface area contributed by atoms with Crippen LogP contribution in [-0.4, -0.2) is 15.6 Å². The molecule has 0 aliphatic rings. The third kappa shape index (κ3) is 3.61. The van der Waals surface area contributed by atoms with Gasteiger partial charge in [-0.05, 0) is 37.1 Å². The molecule has 0 spiro atoms. The molecule has 0 bridgehead atoms. The molecule has 2 N–H and O–H groups in total. The summed E-state index contributed by atoms with van der Waals surface area (Å²) in [5.41, 5.74) is 2.51. The largest absolute Gasteiger partial charge is 0.419 e. The minimum atomic E-state index is -0.404. The molecule has 0 aliphatic carbocycles. The molecule has 2 aromatic heterocycles. The van der Waals surface area contributed by atoms with Gasteiger partial charge in [-0.1, -0.05) is 19.9 Å². The van der Waals surface area contributed by atoms with E-state index < -0.39 is 5.76 Å². The van der Waals surface area contributed by atoms with Crippen LogP contribution in [0.5, 0.6) is 0 Å². The lowest BCUT2D eigenvalue weighted by atomic mass is 10.0. The molecule has 0 aliphatic heterocycles. The summed E-state index contributed by atoms with van der Waals surface area (Å²) in [6.07, 6.45) is 1.71. The molecule has 1 aromatic carbocycles. The van der Waals surface area contributed by atoms with Gasteiger partial charge in [0, 0.05) is 24.5 Å². The molecule has 0 saturated heterocycles. The number of benzene rings is 1. The van der Waals surface area contributed by atoms with E-state index in [0.717, 1.165) is 5.69 Å². The van der Waals surface area contributed by atoms with Crippen molar-refractivity contribution in [2.24, 2.45) is 5.92 Å². The first-order valence-corrected chi connectivity index (χ1v) is 8.61. The van der Waals surface area contributed by atoms with Gasteiger partial charge in [0.2, 0.25) is 0 Å². The van der Waals surface area contributed by atoms with Crippen molar-refractivity contribution in [2.45, 2.75) is 33.4 Å². The Morgan fingerprint density at radius 3 is 2.73 bits per heavy atom. The van der Waals surface area contributed by atoms with E-state index in [4.69, 9.17) is 4.42 Å². The van der Waals surface area contributed by atoms with Gasteiger partial charge in [-0.25, -0.2) is 9.59 Å². The molecule has 2 amide bonds. The number of urea groups is 1. The number of aromatic nitrogens is 2. The van der Waals surface area contributed by atoms with Crippen molar-refractivity contribution in [2.75, 3.05) is 5.32 Å². The highest BCUT2D eigenvalue weighted by molar-refractivity contribution is 5.91. The second kappa shape index (κ2) is 7.43. The number of nitrogens with zero attached hydrogens (tertiary/aromatic N) is 2. The van der Waals surface area contributed by atoms with Gasteiger partial charge in [0.15, 0.2) is 5.58 Å². The third-order valence-electron chi connectivity index (χ3n) is 4.20. The highest BCUT2D eigenvalue weighted by Gasteiger charge is 2.19. The second-order valence-corrected chi connectivity index (χ2v) is 6.37. The number of anilines is 1. The number of oxazole rings is 1. The number of pyridine rings is 1. The van der Waals surface area contributed by atoms with Crippen LogP contribution >= 0.6 is 0 Å². The van der Waals surface area contributed by atoms with Crippen LogP contribution in [0.1, 0.15) is 32.5 Å². The van der Waals surface area contributed by atoms with E-state index in [2.05, 4.69) is 15.6 Å². The Kier molecular flexibility index (Phi) is 5.06. The van der Waals surface area contributed by atoms with Crippen molar-refractivity contribution in [3.05, 3.63) is 58.8 Å². The van der Waals surface area contributed by atoms with Crippen molar-refractivity contribution in [3.8, 4) is 0 Å². The molecule has 1 unspecified atom stereocenters. The average molecular weight is 354 g/mol. The summed E-state index contributed by atoms with van der Waals surface area (Å²) in [7, 11) is 0. The molecule has 3 rings (SSSR count). The van der Waals surface area contributed by atoms with Gasteiger partial charge < -0.3 is 15.1 Å². The number of nitrogens with one attached hydrogen (secondary N) is 2. The van der Waals surface area contributed by atoms with Crippen LogP contribution in [0, 0.1) is 5.92 Å². The molecule has 136 valence electrons. The van der Waals surface area contributed by atoms with Gasteiger partial charge in [-0.2, -0.15) is 0 Å². The van der Waals surface area contributed by atoms with Crippen molar-refractivity contribution < 1.29 is 9.21 Å². The van der Waals surface area contributed by atoms with Crippen LogP contribution in [0.15, 0.2) is 51.8 Å². The molecule has 7 nitrogen and oxygen atoms in total. The van der Waals surface area contributed by atoms with Crippen LogP contribution in [0.3, 0.4) is 0 Å². The SMILES string of the molecule is CCn1c(=O)oc2cc(NC(=O)NC(c3ccccn3)C(C)C)ccc21. The lowest BCUT2D eigenvalue weighted by Gasteiger charge is -2.22. The molecule has 0 radical (unpaired) electrons. The van der Waals surface area contributed by atoms with Gasteiger partial charge in [0.1, 0.15) is 0 Å². The van der Waals surface area contributed by atoms with Crippen molar-refractivity contribution in [1.82, 2.24) is 14.9 Å². The Morgan fingerprint density at radius 1 is 1.27 bits per heavy atom. The van der Waals surface area contributed by atoms with E-state index in [1.807, 2.05) is 39.0 Å². The number of carbonyl (C=O) groups is 1. The maximum absolute atomic E-state index is 12.4. The maximum Gasteiger partial charge on any atom is 0.419 e. The van der Waals surface area contributed by atoms with Gasteiger partial charge >= 0.3 is 11.8 Å². The summed E-state index contributed by atoms with van der Waals surface area (Å²) in [5, 5.41) is 5.73. The first-order chi connectivity index (χ1) is 12.5. The van der Waals surface area contributed by atoms with E-state index in [9.17, 15) is 9.59 Å². The molecule has 0 saturated carbocycles. The van der Waals surface area contributed by atoms with Gasteiger partial charge in [0.05, 0.1) is 17.3 Å². The summed E-state index contributed by atoms with van der Waals surface area (Å²) >= 11 is 0. The highest BCUT2D eigenvalue weighted by atomic mass is 16.4. The first kappa shape index (κ1) is 17.7. The van der Waals surface area contributed by atoms with E-state index in [1.54, 1.807) is 24.4 Å². The van der Waals surface area contributed by atoms with Crippen molar-refractivity contribution in [3.63, 3.8) is 0 Å². The molecule has 26 heavy (non-hydrogen) atoms. The lowest BCUT2D eigenvalue weighted by Crippen LogP contribution is -2.35. The fourth-order valence-electron chi connectivity index (χ4n) is 2.89. The topological polar surface area (TPSA) is 89.2 Å². The highest BCUT2D eigenvalue weighted by Crippen LogP contribution is 2.21. The number of carbonyl (C=O) groups excluding carboxylic acids is 1. The number of rotatable bonds is 5. The Morgan fingerprint density at radius 2 is 2.08 bits per heavy atom. The van der Waals surface area contributed by atoms with Crippen LogP contribution in [0.2, 0.25) is 0 Å². The summed E-state index contributed by atoms with van der Waals surface area (Å²) in [6.45, 7) is 6.44. The average Bonchev–Trinajstić information content (AvgIpc) is 2.94. The van der Waals surface area contributed by atoms with E-state index >= 15 is 0 Å². The number of fused-ring (bicyclic) bond motifs is 1. The molecular weight excluding hydrogens is 332 g/mol. The van der Waals surface area contributed by atoms with Gasteiger partial charge in [-0.15, -0.1) is 0 Å². The van der Waals surface area contributed by atoms with Gasteiger partial charge in [0.25, 0.3) is 0 Å². The number of hydrogen-bond acceptors (Lipinski definition) is 4. The molecule has 1 atom stereocenters. The standard InChI is InChI=1S/C19H22N4O3/c1-4-23-15-9-8-13(11-16(15)26-19(23)25)21-18(24)22-17(12(2)3)14-7-5-6-10-20-14/h5-12,17H,4H2,1-3H3,(H2,21,22,24). The molecular formula is C19H22N4O3. The fraction of sp³-hybridized carbons (Fsp3) is 0.316. The first-order valence-electron chi connectivity index (χ1n) is 8.61. The number of amides is 2. The zero-order valence-electron chi connectivity index (χ0n) is 15.0. The number of aryl methyl sites for hydroxylation is 1. The molecule has 2 heterocycles. The third-order valence-corrected chi connectivity index (χ3v) is 4.20. The molecule has 0 fully saturated rings. The smallest absolute Gasteiger partial charge is 0.408 e. The molecule has 3 aromatic rings. The van der Waals surface area contributed by atoms with Crippen molar-refractivity contribution in [1.29, 1.82) is 0 Å². The maximum atomic E-state index is 12.4. The molecule has 7 heteroatoms. The van der Waals surface area contributed by atoms with Crippen LogP contribution in [0.4, 0.5) is 10.5 Å². The zero-order valence-corrected chi connectivity index (χ0v) is 15.0.